The molecular weight excluding hydrogens is 248 g/mol. The van der Waals surface area contributed by atoms with Crippen molar-refractivity contribution in [3.8, 4) is 17.2 Å². The largest absolute Gasteiger partial charge is 0.493 e. The number of hydrogen-bond donors (Lipinski definition) is 2. The SMILES string of the molecule is COc1cc(CCN)cc(OC)c1OCCC(N)=O. The van der Waals surface area contributed by atoms with Gasteiger partial charge in [-0.15, -0.1) is 0 Å². The van der Waals surface area contributed by atoms with Gasteiger partial charge in [0.1, 0.15) is 0 Å². The van der Waals surface area contributed by atoms with Crippen LogP contribution in [0.25, 0.3) is 0 Å². The summed E-state index contributed by atoms with van der Waals surface area (Å²) in [7, 11) is 3.09. The van der Waals surface area contributed by atoms with Crippen LogP contribution in [-0.2, 0) is 11.2 Å². The molecule has 6 heteroatoms. The van der Waals surface area contributed by atoms with E-state index in [9.17, 15) is 4.79 Å². The standard InChI is InChI=1S/C13H20N2O4/c1-17-10-7-9(3-5-14)8-11(18-2)13(10)19-6-4-12(15)16/h7-8H,3-6,14H2,1-2H3,(H2,15,16). The topological polar surface area (TPSA) is 96.8 Å². The summed E-state index contributed by atoms with van der Waals surface area (Å²) in [4.78, 5) is 10.7. The minimum absolute atomic E-state index is 0.136. The Labute approximate surface area is 112 Å². The number of amides is 1. The molecule has 0 atom stereocenters. The molecule has 0 spiro atoms. The minimum Gasteiger partial charge on any atom is -0.493 e. The van der Waals surface area contributed by atoms with E-state index in [4.69, 9.17) is 25.7 Å². The molecule has 1 rings (SSSR count). The second kappa shape index (κ2) is 7.48. The highest BCUT2D eigenvalue weighted by molar-refractivity contribution is 5.73. The van der Waals surface area contributed by atoms with Crippen LogP contribution >= 0.6 is 0 Å². The van der Waals surface area contributed by atoms with E-state index in [1.165, 1.54) is 0 Å². The molecular formula is C13H20N2O4. The van der Waals surface area contributed by atoms with Gasteiger partial charge in [-0.05, 0) is 30.7 Å². The quantitative estimate of drug-likeness (QED) is 0.714. The summed E-state index contributed by atoms with van der Waals surface area (Å²) in [5.41, 5.74) is 11.6. The molecule has 0 aliphatic rings. The van der Waals surface area contributed by atoms with Gasteiger partial charge in [-0.25, -0.2) is 0 Å². The summed E-state index contributed by atoms with van der Waals surface area (Å²) in [5.74, 6) is 1.14. The Kier molecular flexibility index (Phi) is 5.95. The Balaban J connectivity index is 2.95. The van der Waals surface area contributed by atoms with Gasteiger partial charge < -0.3 is 25.7 Å². The molecule has 0 aromatic heterocycles. The lowest BCUT2D eigenvalue weighted by molar-refractivity contribution is -0.118. The van der Waals surface area contributed by atoms with Crippen molar-refractivity contribution < 1.29 is 19.0 Å². The Bertz CT molecular complexity index is 410. The van der Waals surface area contributed by atoms with E-state index in [1.54, 1.807) is 14.2 Å². The Morgan fingerprint density at radius 2 is 1.79 bits per heavy atom. The number of primary amides is 1. The first-order chi connectivity index (χ1) is 9.12. The second-order valence-electron chi connectivity index (χ2n) is 3.93. The monoisotopic (exact) mass is 268 g/mol. The van der Waals surface area contributed by atoms with Gasteiger partial charge in [-0.1, -0.05) is 0 Å². The van der Waals surface area contributed by atoms with Gasteiger partial charge in [-0.3, -0.25) is 4.79 Å². The molecule has 0 heterocycles. The van der Waals surface area contributed by atoms with E-state index >= 15 is 0 Å². The van der Waals surface area contributed by atoms with Gasteiger partial charge in [0.25, 0.3) is 0 Å². The van der Waals surface area contributed by atoms with Crippen LogP contribution < -0.4 is 25.7 Å². The average molecular weight is 268 g/mol. The van der Waals surface area contributed by atoms with Crippen molar-refractivity contribution in [2.45, 2.75) is 12.8 Å². The normalized spacial score (nSPS) is 10.1. The van der Waals surface area contributed by atoms with Gasteiger partial charge in [0.15, 0.2) is 11.5 Å². The van der Waals surface area contributed by atoms with Crippen molar-refractivity contribution in [2.75, 3.05) is 27.4 Å². The maximum Gasteiger partial charge on any atom is 0.220 e. The molecule has 0 aliphatic heterocycles. The van der Waals surface area contributed by atoms with Crippen LogP contribution in [0.1, 0.15) is 12.0 Å². The fourth-order valence-electron chi connectivity index (χ4n) is 1.64. The number of benzene rings is 1. The zero-order valence-electron chi connectivity index (χ0n) is 11.3. The van der Waals surface area contributed by atoms with Crippen molar-refractivity contribution in [2.24, 2.45) is 11.5 Å². The number of rotatable bonds is 8. The fraction of sp³-hybridized carbons (Fsp3) is 0.462. The third kappa shape index (κ3) is 4.33. The first-order valence-corrected chi connectivity index (χ1v) is 5.98. The molecule has 1 amide bonds. The van der Waals surface area contributed by atoms with Crippen LogP contribution in [0.3, 0.4) is 0 Å². The number of carbonyl (C=O) groups excluding carboxylic acids is 1. The van der Waals surface area contributed by atoms with Gasteiger partial charge >= 0.3 is 0 Å². The van der Waals surface area contributed by atoms with Crippen LogP contribution in [0.4, 0.5) is 0 Å². The highest BCUT2D eigenvalue weighted by Gasteiger charge is 2.14. The molecule has 0 fully saturated rings. The summed E-state index contributed by atoms with van der Waals surface area (Å²) in [6.07, 6.45) is 0.852. The van der Waals surface area contributed by atoms with E-state index in [0.29, 0.717) is 30.2 Å². The summed E-state index contributed by atoms with van der Waals surface area (Å²) in [6, 6.07) is 3.68. The van der Waals surface area contributed by atoms with Crippen molar-refractivity contribution >= 4 is 5.91 Å². The van der Waals surface area contributed by atoms with Gasteiger partial charge in [0, 0.05) is 0 Å². The van der Waals surface area contributed by atoms with E-state index in [0.717, 1.165) is 5.56 Å². The molecule has 1 aromatic carbocycles. The van der Waals surface area contributed by atoms with Gasteiger partial charge in [0.2, 0.25) is 11.7 Å². The molecule has 0 aliphatic carbocycles. The highest BCUT2D eigenvalue weighted by Crippen LogP contribution is 2.38. The predicted molar refractivity (Wildman–Crippen MR) is 71.6 cm³/mol. The summed E-state index contributed by atoms with van der Waals surface area (Å²) < 4.78 is 16.1. The Hall–Kier alpha value is -1.95. The molecule has 0 saturated carbocycles. The number of ether oxygens (including phenoxy) is 3. The van der Waals surface area contributed by atoms with Crippen LogP contribution in [0.15, 0.2) is 12.1 Å². The second-order valence-corrected chi connectivity index (χ2v) is 3.93. The molecule has 6 nitrogen and oxygen atoms in total. The van der Waals surface area contributed by atoms with Crippen LogP contribution in [-0.4, -0.2) is 33.3 Å². The molecule has 4 N–H and O–H groups in total. The van der Waals surface area contributed by atoms with Gasteiger partial charge in [-0.2, -0.15) is 0 Å². The minimum atomic E-state index is -0.419. The maximum absolute atomic E-state index is 10.7. The van der Waals surface area contributed by atoms with Crippen molar-refractivity contribution in [3.63, 3.8) is 0 Å². The first-order valence-electron chi connectivity index (χ1n) is 5.98. The number of nitrogens with two attached hydrogens (primary N) is 2. The molecule has 0 bridgehead atoms. The molecule has 19 heavy (non-hydrogen) atoms. The lowest BCUT2D eigenvalue weighted by atomic mass is 10.1. The number of carbonyl (C=O) groups is 1. The van der Waals surface area contributed by atoms with Crippen LogP contribution in [0.5, 0.6) is 17.2 Å². The third-order valence-electron chi connectivity index (χ3n) is 2.55. The average Bonchev–Trinajstić information content (AvgIpc) is 2.39. The zero-order valence-corrected chi connectivity index (χ0v) is 11.3. The van der Waals surface area contributed by atoms with Crippen LogP contribution in [0.2, 0.25) is 0 Å². The van der Waals surface area contributed by atoms with E-state index in [1.807, 2.05) is 12.1 Å². The summed E-state index contributed by atoms with van der Waals surface area (Å²) >= 11 is 0. The third-order valence-corrected chi connectivity index (χ3v) is 2.55. The van der Waals surface area contributed by atoms with Crippen molar-refractivity contribution in [3.05, 3.63) is 17.7 Å². The maximum atomic E-state index is 10.7. The smallest absolute Gasteiger partial charge is 0.220 e. The zero-order chi connectivity index (χ0) is 14.3. The van der Waals surface area contributed by atoms with Crippen molar-refractivity contribution in [1.29, 1.82) is 0 Å². The molecule has 1 aromatic rings. The fourth-order valence-corrected chi connectivity index (χ4v) is 1.64. The molecule has 0 radical (unpaired) electrons. The summed E-state index contributed by atoms with van der Waals surface area (Å²) in [5, 5.41) is 0. The first kappa shape index (κ1) is 15.1. The molecule has 106 valence electrons. The van der Waals surface area contributed by atoms with E-state index in [-0.39, 0.29) is 13.0 Å². The summed E-state index contributed by atoms with van der Waals surface area (Å²) in [6.45, 7) is 0.715. The number of hydrogen-bond acceptors (Lipinski definition) is 5. The Morgan fingerprint density at radius 1 is 1.21 bits per heavy atom. The highest BCUT2D eigenvalue weighted by atomic mass is 16.5. The lowest BCUT2D eigenvalue weighted by Gasteiger charge is -2.15. The Morgan fingerprint density at radius 3 is 2.21 bits per heavy atom. The van der Waals surface area contributed by atoms with Crippen LogP contribution in [0, 0.1) is 0 Å². The lowest BCUT2D eigenvalue weighted by Crippen LogP contribution is -2.15. The number of methoxy groups -OCH3 is 2. The van der Waals surface area contributed by atoms with E-state index in [2.05, 4.69) is 0 Å². The van der Waals surface area contributed by atoms with Crippen molar-refractivity contribution in [1.82, 2.24) is 0 Å². The van der Waals surface area contributed by atoms with Gasteiger partial charge in [0.05, 0.1) is 27.2 Å². The molecule has 0 unspecified atom stereocenters. The molecule has 0 saturated heterocycles. The van der Waals surface area contributed by atoms with E-state index < -0.39 is 5.91 Å². The predicted octanol–water partition coefficient (Wildman–Crippen LogP) is 0.459.